The third kappa shape index (κ3) is 2.17. The summed E-state index contributed by atoms with van der Waals surface area (Å²) in [4.78, 5) is 1.87. The Morgan fingerprint density at radius 3 is 2.55 bits per heavy atom. The van der Waals surface area contributed by atoms with Gasteiger partial charge in [0.25, 0.3) is 0 Å². The van der Waals surface area contributed by atoms with Gasteiger partial charge in [-0.25, -0.2) is 0 Å². The molecule has 0 nitrogen and oxygen atoms in total. The van der Waals surface area contributed by atoms with Crippen molar-refractivity contribution in [2.75, 3.05) is 0 Å². The first-order chi connectivity index (χ1) is 5.25. The van der Waals surface area contributed by atoms with E-state index in [0.29, 0.717) is 0 Å². The molecule has 0 aliphatic carbocycles. The highest BCUT2D eigenvalue weighted by atomic mass is 79.9. The molecule has 0 radical (unpaired) electrons. The van der Waals surface area contributed by atoms with Gasteiger partial charge in [-0.1, -0.05) is 40.2 Å². The number of halogens is 2. The molecule has 0 aromatic heterocycles. The number of aryl methyl sites for hydroxylation is 1. The molecule has 1 aromatic carbocycles. The first-order valence-corrected chi connectivity index (χ1v) is 4.98. The maximum atomic E-state index is 3.45. The minimum atomic E-state index is 1.08. The maximum absolute atomic E-state index is 3.45. The first-order valence-electron chi connectivity index (χ1n) is 3.27. The zero-order chi connectivity index (χ0) is 8.27. The molecule has 11 heavy (non-hydrogen) atoms. The second-order valence-corrected chi connectivity index (χ2v) is 3.58. The van der Waals surface area contributed by atoms with Crippen LogP contribution in [0.25, 0.3) is 4.48 Å². The highest BCUT2D eigenvalue weighted by Crippen LogP contribution is 2.24. The lowest BCUT2D eigenvalue weighted by atomic mass is 10.1. The quantitative estimate of drug-likeness (QED) is 0.724. The van der Waals surface area contributed by atoms with E-state index in [1.807, 2.05) is 17.1 Å². The van der Waals surface area contributed by atoms with Crippen molar-refractivity contribution in [1.29, 1.82) is 0 Å². The van der Waals surface area contributed by atoms with Crippen LogP contribution in [-0.4, -0.2) is 0 Å². The summed E-state index contributed by atoms with van der Waals surface area (Å²) in [6.45, 7) is 2.09. The molecule has 0 unspecified atom stereocenters. The SMILES string of the molecule is Cc1ccccc1/C(Br)=C/Br. The Hall–Kier alpha value is -0.0800. The van der Waals surface area contributed by atoms with E-state index in [4.69, 9.17) is 0 Å². The summed E-state index contributed by atoms with van der Waals surface area (Å²) in [5.41, 5.74) is 2.50. The van der Waals surface area contributed by atoms with Gasteiger partial charge in [0.1, 0.15) is 0 Å². The first kappa shape index (κ1) is 9.01. The van der Waals surface area contributed by atoms with Crippen LogP contribution in [-0.2, 0) is 0 Å². The van der Waals surface area contributed by atoms with E-state index in [0.717, 1.165) is 4.48 Å². The van der Waals surface area contributed by atoms with E-state index in [2.05, 4.69) is 50.9 Å². The van der Waals surface area contributed by atoms with E-state index in [9.17, 15) is 0 Å². The Bertz CT molecular complexity index is 277. The van der Waals surface area contributed by atoms with Gasteiger partial charge in [0, 0.05) is 4.48 Å². The molecule has 0 atom stereocenters. The summed E-state index contributed by atoms with van der Waals surface area (Å²) in [5, 5.41) is 0. The molecule has 0 heterocycles. The normalized spacial score (nSPS) is 11.7. The van der Waals surface area contributed by atoms with Crippen molar-refractivity contribution in [3.63, 3.8) is 0 Å². The van der Waals surface area contributed by atoms with E-state index >= 15 is 0 Å². The van der Waals surface area contributed by atoms with Gasteiger partial charge in [0.2, 0.25) is 0 Å². The van der Waals surface area contributed by atoms with Crippen molar-refractivity contribution in [3.05, 3.63) is 40.4 Å². The van der Waals surface area contributed by atoms with Crippen molar-refractivity contribution >= 4 is 36.3 Å². The zero-order valence-electron chi connectivity index (χ0n) is 6.14. The molecule has 0 aliphatic rings. The Balaban J connectivity index is 3.14. The fourth-order valence-electron chi connectivity index (χ4n) is 0.900. The predicted octanol–water partition coefficient (Wildman–Crippen LogP) is 4.08. The Labute approximate surface area is 83.6 Å². The van der Waals surface area contributed by atoms with Crippen LogP contribution >= 0.6 is 31.9 Å². The van der Waals surface area contributed by atoms with Crippen LogP contribution in [0.1, 0.15) is 11.1 Å². The Morgan fingerprint density at radius 1 is 1.36 bits per heavy atom. The van der Waals surface area contributed by atoms with Gasteiger partial charge in [-0.05, 0) is 39.0 Å². The van der Waals surface area contributed by atoms with Gasteiger partial charge in [-0.2, -0.15) is 0 Å². The molecule has 0 bridgehead atoms. The van der Waals surface area contributed by atoms with Gasteiger partial charge >= 0.3 is 0 Å². The molecular weight excluding hydrogens is 268 g/mol. The number of rotatable bonds is 1. The molecule has 0 saturated heterocycles. The van der Waals surface area contributed by atoms with Crippen LogP contribution in [0.3, 0.4) is 0 Å². The molecule has 0 fully saturated rings. The smallest absolute Gasteiger partial charge is 0.0319 e. The van der Waals surface area contributed by atoms with Crippen molar-refractivity contribution < 1.29 is 0 Å². The molecule has 0 N–H and O–H groups in total. The third-order valence-electron chi connectivity index (χ3n) is 1.50. The average Bonchev–Trinajstić information content (AvgIpc) is 2.04. The number of hydrogen-bond acceptors (Lipinski definition) is 0. The zero-order valence-corrected chi connectivity index (χ0v) is 9.31. The summed E-state index contributed by atoms with van der Waals surface area (Å²) in [6.07, 6.45) is 0. The van der Waals surface area contributed by atoms with Gasteiger partial charge in [-0.15, -0.1) is 0 Å². The summed E-state index contributed by atoms with van der Waals surface area (Å²) >= 11 is 6.73. The topological polar surface area (TPSA) is 0 Å². The van der Waals surface area contributed by atoms with Crippen LogP contribution in [0, 0.1) is 6.92 Å². The Morgan fingerprint density at radius 2 is 2.00 bits per heavy atom. The molecular formula is C9H8Br2. The lowest BCUT2D eigenvalue weighted by Gasteiger charge is -2.01. The van der Waals surface area contributed by atoms with Gasteiger partial charge in [0.15, 0.2) is 0 Å². The van der Waals surface area contributed by atoms with Crippen molar-refractivity contribution in [1.82, 2.24) is 0 Å². The minimum absolute atomic E-state index is 1.08. The second-order valence-electron chi connectivity index (χ2n) is 2.27. The Kier molecular flexibility index (Phi) is 3.34. The predicted molar refractivity (Wildman–Crippen MR) is 57.0 cm³/mol. The largest absolute Gasteiger partial charge is 0.0620 e. The standard InChI is InChI=1S/C9H8Br2/c1-7-4-2-3-5-8(7)9(11)6-10/h2-6H,1H3/b9-6-. The fraction of sp³-hybridized carbons (Fsp3) is 0.111. The fourth-order valence-corrected chi connectivity index (χ4v) is 1.59. The van der Waals surface area contributed by atoms with Crippen LogP contribution in [0.15, 0.2) is 29.3 Å². The monoisotopic (exact) mass is 274 g/mol. The van der Waals surface area contributed by atoms with Crippen molar-refractivity contribution in [3.8, 4) is 0 Å². The van der Waals surface area contributed by atoms with Gasteiger partial charge in [0.05, 0.1) is 0 Å². The van der Waals surface area contributed by atoms with Crippen LogP contribution in [0.4, 0.5) is 0 Å². The lowest BCUT2D eigenvalue weighted by molar-refractivity contribution is 1.44. The van der Waals surface area contributed by atoms with E-state index in [1.165, 1.54) is 11.1 Å². The van der Waals surface area contributed by atoms with Crippen molar-refractivity contribution in [2.45, 2.75) is 6.92 Å². The van der Waals surface area contributed by atoms with Gasteiger partial charge < -0.3 is 0 Å². The molecule has 0 aliphatic heterocycles. The van der Waals surface area contributed by atoms with Crippen molar-refractivity contribution in [2.24, 2.45) is 0 Å². The third-order valence-corrected chi connectivity index (χ3v) is 3.23. The summed E-state index contributed by atoms with van der Waals surface area (Å²) in [7, 11) is 0. The molecule has 2 heteroatoms. The summed E-state index contributed by atoms with van der Waals surface area (Å²) < 4.78 is 1.08. The minimum Gasteiger partial charge on any atom is -0.0620 e. The lowest BCUT2D eigenvalue weighted by Crippen LogP contribution is -1.80. The highest BCUT2D eigenvalue weighted by molar-refractivity contribution is 9.16. The highest BCUT2D eigenvalue weighted by Gasteiger charge is 1.98. The average molecular weight is 276 g/mol. The molecule has 1 rings (SSSR count). The maximum Gasteiger partial charge on any atom is 0.0319 e. The molecule has 0 spiro atoms. The van der Waals surface area contributed by atoms with Crippen LogP contribution in [0.5, 0.6) is 0 Å². The van der Waals surface area contributed by atoms with E-state index < -0.39 is 0 Å². The van der Waals surface area contributed by atoms with Crippen LogP contribution in [0.2, 0.25) is 0 Å². The number of hydrogen-bond donors (Lipinski definition) is 0. The second kappa shape index (κ2) is 4.07. The summed E-state index contributed by atoms with van der Waals surface area (Å²) in [6, 6.07) is 8.23. The molecule has 1 aromatic rings. The van der Waals surface area contributed by atoms with E-state index in [1.54, 1.807) is 0 Å². The molecule has 0 saturated carbocycles. The molecule has 58 valence electrons. The molecule has 0 amide bonds. The summed E-state index contributed by atoms with van der Waals surface area (Å²) in [5.74, 6) is 0. The van der Waals surface area contributed by atoms with Crippen LogP contribution < -0.4 is 0 Å². The van der Waals surface area contributed by atoms with Gasteiger partial charge in [-0.3, -0.25) is 0 Å². The van der Waals surface area contributed by atoms with E-state index in [-0.39, 0.29) is 0 Å². The number of benzene rings is 1.